The van der Waals surface area contributed by atoms with E-state index < -0.39 is 22.9 Å². The van der Waals surface area contributed by atoms with Crippen LogP contribution in [-0.4, -0.2) is 71.8 Å². The smallest absolute Gasteiger partial charge is 0.410 e. The van der Waals surface area contributed by atoms with Gasteiger partial charge in [0.05, 0.1) is 18.4 Å². The summed E-state index contributed by atoms with van der Waals surface area (Å²) in [6, 6.07) is 10.0. The van der Waals surface area contributed by atoms with Crippen LogP contribution in [0.4, 0.5) is 15.1 Å². The lowest BCUT2D eigenvalue weighted by molar-refractivity contribution is -0.118. The number of benzene rings is 1. The van der Waals surface area contributed by atoms with E-state index in [2.05, 4.69) is 36.2 Å². The molecule has 12 nitrogen and oxygen atoms in total. The molecule has 5 rings (SSSR count). The Hall–Kier alpha value is -5.07. The maximum Gasteiger partial charge on any atom is 0.410 e. The molecular weight excluding hydrogens is 651 g/mol. The molecule has 4 aromatic rings. The zero-order chi connectivity index (χ0) is 37.1. The fourth-order valence-electron chi connectivity index (χ4n) is 6.14. The molecule has 0 radical (unpaired) electrons. The van der Waals surface area contributed by atoms with Gasteiger partial charge in [-0.3, -0.25) is 14.7 Å². The van der Waals surface area contributed by atoms with Gasteiger partial charge < -0.3 is 20.1 Å². The minimum Gasteiger partial charge on any atom is -0.458 e. The molecule has 13 heteroatoms. The lowest BCUT2D eigenvalue weighted by Gasteiger charge is -2.45. The zero-order valence-corrected chi connectivity index (χ0v) is 30.8. The normalized spacial score (nSPS) is 15.9. The molecule has 1 fully saturated rings. The first-order valence-electron chi connectivity index (χ1n) is 17.4. The molecule has 51 heavy (non-hydrogen) atoms. The number of hydrogen-bond acceptors (Lipinski definition) is 9. The van der Waals surface area contributed by atoms with E-state index in [4.69, 9.17) is 24.4 Å². The van der Waals surface area contributed by atoms with Gasteiger partial charge in [0.1, 0.15) is 11.7 Å². The van der Waals surface area contributed by atoms with Crippen LogP contribution in [0.1, 0.15) is 89.5 Å². The number of likely N-dealkylation sites (tertiary alicyclic amines) is 1. The number of hydrogen-bond donors (Lipinski definition) is 2. The fraction of sp³-hybridized carbons (Fsp3) is 0.474. The van der Waals surface area contributed by atoms with Crippen molar-refractivity contribution in [3.05, 3.63) is 77.4 Å². The minimum atomic E-state index is -1.02. The van der Waals surface area contributed by atoms with E-state index in [0.29, 0.717) is 37.5 Å². The van der Waals surface area contributed by atoms with Gasteiger partial charge in [-0.05, 0) is 89.5 Å². The van der Waals surface area contributed by atoms with Crippen molar-refractivity contribution >= 4 is 23.6 Å². The van der Waals surface area contributed by atoms with Gasteiger partial charge >= 0.3 is 12.1 Å². The van der Waals surface area contributed by atoms with E-state index in [9.17, 15) is 14.0 Å². The number of rotatable bonds is 11. The average molecular weight is 701 g/mol. The van der Waals surface area contributed by atoms with Gasteiger partial charge in [-0.2, -0.15) is 19.6 Å². The van der Waals surface area contributed by atoms with Gasteiger partial charge in [0.15, 0.2) is 11.5 Å². The van der Waals surface area contributed by atoms with Crippen LogP contribution in [0.15, 0.2) is 55.1 Å². The summed E-state index contributed by atoms with van der Waals surface area (Å²) >= 11 is 0. The molecule has 2 amide bonds. The second kappa shape index (κ2) is 15.0. The van der Waals surface area contributed by atoms with Gasteiger partial charge in [0, 0.05) is 36.0 Å². The molecule has 1 saturated heterocycles. The standard InChI is InChI=1S/C38H49FN8O4/c1-23(2)30-21-43-47-32(30)44-35(50-27-14-17-38(8,9)46(22-27)36(49)51-37(5,6)7)45-34(47)42-20-26-12-10-11-13-29(26)31-28(24(3)15-18-40-31)16-19-41-33(48)25(4)39/h10-13,15,18,21,23,27H,4,14,16-17,19-20,22H2,1-3,5-9H3,(H,41,48)(H,42,44,45). The van der Waals surface area contributed by atoms with Crippen molar-refractivity contribution < 1.29 is 23.5 Å². The van der Waals surface area contributed by atoms with Crippen molar-refractivity contribution in [1.29, 1.82) is 0 Å². The number of aryl methyl sites for hydroxylation is 1. The quantitative estimate of drug-likeness (QED) is 0.160. The van der Waals surface area contributed by atoms with Crippen molar-refractivity contribution in [2.45, 2.75) is 104 Å². The van der Waals surface area contributed by atoms with E-state index >= 15 is 0 Å². The maximum absolute atomic E-state index is 13.3. The number of nitrogens with zero attached hydrogens (tertiary/aromatic N) is 6. The van der Waals surface area contributed by atoms with Gasteiger partial charge in [0.2, 0.25) is 5.95 Å². The van der Waals surface area contributed by atoms with E-state index in [1.165, 1.54) is 0 Å². The molecule has 0 bridgehead atoms. The number of anilines is 1. The van der Waals surface area contributed by atoms with E-state index in [-0.39, 0.29) is 30.7 Å². The Morgan fingerprint density at radius 3 is 2.61 bits per heavy atom. The van der Waals surface area contributed by atoms with Crippen LogP contribution in [0.2, 0.25) is 0 Å². The van der Waals surface area contributed by atoms with Crippen molar-refractivity contribution in [2.75, 3.05) is 18.4 Å². The third kappa shape index (κ3) is 8.81. The van der Waals surface area contributed by atoms with Gasteiger partial charge in [0.25, 0.3) is 5.91 Å². The van der Waals surface area contributed by atoms with Gasteiger partial charge in [-0.25, -0.2) is 9.18 Å². The molecule has 0 saturated carbocycles. The summed E-state index contributed by atoms with van der Waals surface area (Å²) in [5.74, 6) is -1.25. The molecule has 4 heterocycles. The first-order valence-corrected chi connectivity index (χ1v) is 17.4. The van der Waals surface area contributed by atoms with E-state index in [1.807, 2.05) is 71.9 Å². The summed E-state index contributed by atoms with van der Waals surface area (Å²) in [5.41, 5.74) is 5.14. The number of halogens is 1. The highest BCUT2D eigenvalue weighted by molar-refractivity contribution is 5.90. The van der Waals surface area contributed by atoms with E-state index in [1.54, 1.807) is 21.8 Å². The predicted octanol–water partition coefficient (Wildman–Crippen LogP) is 6.93. The summed E-state index contributed by atoms with van der Waals surface area (Å²) < 4.78 is 27.1. The first kappa shape index (κ1) is 37.2. The largest absolute Gasteiger partial charge is 0.458 e. The monoisotopic (exact) mass is 700 g/mol. The number of piperidine rings is 1. The second-order valence-corrected chi connectivity index (χ2v) is 14.9. The zero-order valence-electron chi connectivity index (χ0n) is 30.8. The Labute approximate surface area is 298 Å². The highest BCUT2D eigenvalue weighted by Gasteiger charge is 2.40. The van der Waals surface area contributed by atoms with Crippen molar-refractivity contribution in [3.8, 4) is 17.3 Å². The number of amides is 2. The molecule has 1 aliphatic heterocycles. The molecular formula is C38H49FN8O4. The van der Waals surface area contributed by atoms with Gasteiger partial charge in [-0.15, -0.1) is 0 Å². The molecule has 1 aliphatic rings. The summed E-state index contributed by atoms with van der Waals surface area (Å²) in [7, 11) is 0. The number of ether oxygens (including phenoxy) is 2. The number of carbonyl (C=O) groups excluding carboxylic acids is 2. The minimum absolute atomic E-state index is 0.149. The molecule has 1 atom stereocenters. The predicted molar refractivity (Wildman–Crippen MR) is 194 cm³/mol. The molecule has 2 N–H and O–H groups in total. The third-order valence-corrected chi connectivity index (χ3v) is 8.98. The number of pyridine rings is 1. The average Bonchev–Trinajstić information content (AvgIpc) is 3.49. The molecule has 0 aliphatic carbocycles. The number of aromatic nitrogens is 5. The maximum atomic E-state index is 13.3. The second-order valence-electron chi connectivity index (χ2n) is 14.9. The van der Waals surface area contributed by atoms with Crippen LogP contribution < -0.4 is 15.4 Å². The fourth-order valence-corrected chi connectivity index (χ4v) is 6.14. The van der Waals surface area contributed by atoms with Crippen LogP contribution in [0.5, 0.6) is 6.01 Å². The Bertz CT molecular complexity index is 1920. The number of fused-ring (bicyclic) bond motifs is 1. The third-order valence-electron chi connectivity index (χ3n) is 8.98. The Morgan fingerprint density at radius 1 is 1.16 bits per heavy atom. The number of nitrogens with one attached hydrogen (secondary N) is 2. The van der Waals surface area contributed by atoms with Crippen molar-refractivity contribution in [2.24, 2.45) is 0 Å². The van der Waals surface area contributed by atoms with Crippen LogP contribution in [0.25, 0.3) is 16.9 Å². The van der Waals surface area contributed by atoms with E-state index in [0.717, 1.165) is 39.9 Å². The summed E-state index contributed by atoms with van der Waals surface area (Å²) in [4.78, 5) is 41.0. The molecule has 272 valence electrons. The summed E-state index contributed by atoms with van der Waals surface area (Å²) in [6.07, 6.45) is 4.72. The molecule has 1 unspecified atom stereocenters. The summed E-state index contributed by atoms with van der Waals surface area (Å²) in [6.45, 7) is 19.8. The Balaban J connectivity index is 1.42. The molecule has 3 aromatic heterocycles. The van der Waals surface area contributed by atoms with Crippen LogP contribution in [-0.2, 0) is 22.5 Å². The van der Waals surface area contributed by atoms with Crippen LogP contribution in [0.3, 0.4) is 0 Å². The first-order chi connectivity index (χ1) is 24.0. The Kier molecular flexibility index (Phi) is 11.0. The topological polar surface area (TPSA) is 136 Å². The molecule has 1 aromatic carbocycles. The van der Waals surface area contributed by atoms with Crippen LogP contribution >= 0.6 is 0 Å². The van der Waals surface area contributed by atoms with Gasteiger partial charge in [-0.1, -0.05) is 44.7 Å². The summed E-state index contributed by atoms with van der Waals surface area (Å²) in [5, 5.41) is 10.6. The Morgan fingerprint density at radius 2 is 1.90 bits per heavy atom. The number of carbonyl (C=O) groups is 2. The lowest BCUT2D eigenvalue weighted by Crippen LogP contribution is -2.56. The SMILES string of the molecule is C=C(F)C(=O)NCCc1c(C)ccnc1-c1ccccc1CNc1nc(OC2CCC(C)(C)N(C(=O)OC(C)(C)C)C2)nc2c(C(C)C)cnn12. The highest BCUT2D eigenvalue weighted by Crippen LogP contribution is 2.32. The highest BCUT2D eigenvalue weighted by atomic mass is 19.1. The van der Waals surface area contributed by atoms with Crippen molar-refractivity contribution in [1.82, 2.24) is 34.8 Å². The van der Waals surface area contributed by atoms with Crippen LogP contribution in [0, 0.1) is 6.92 Å². The van der Waals surface area contributed by atoms with Crippen molar-refractivity contribution in [3.63, 3.8) is 0 Å². The lowest BCUT2D eigenvalue weighted by atomic mass is 9.89. The molecule has 0 spiro atoms.